The molecule has 2 aliphatic heterocycles. The van der Waals surface area contributed by atoms with Gasteiger partial charge in [0.2, 0.25) is 0 Å². The fraction of sp³-hybridized carbons (Fsp3) is 1.00. The highest BCUT2D eigenvalue weighted by Crippen LogP contribution is 2.74. The van der Waals surface area contributed by atoms with E-state index in [-0.39, 0.29) is 18.3 Å². The first-order valence-electron chi connectivity index (χ1n) is 15.8. The minimum Gasteiger partial charge on any atom is -0.403 e. The van der Waals surface area contributed by atoms with Crippen molar-refractivity contribution >= 4 is 7.12 Å². The van der Waals surface area contributed by atoms with E-state index in [4.69, 9.17) is 14.0 Å². The third kappa shape index (κ3) is 3.40. The lowest BCUT2D eigenvalue weighted by Gasteiger charge is -2.64. The zero-order valence-corrected chi connectivity index (χ0v) is 23.1. The molecule has 1 spiro atoms. The van der Waals surface area contributed by atoms with Crippen molar-refractivity contribution in [3.63, 3.8) is 0 Å². The van der Waals surface area contributed by atoms with Gasteiger partial charge in [-0.25, -0.2) is 0 Å². The van der Waals surface area contributed by atoms with E-state index in [1.807, 2.05) is 0 Å². The lowest BCUT2D eigenvalue weighted by molar-refractivity contribution is -0.242. The zero-order valence-electron chi connectivity index (χ0n) is 23.1. The van der Waals surface area contributed by atoms with Crippen LogP contribution >= 0.6 is 0 Å². The lowest BCUT2D eigenvalue weighted by Crippen LogP contribution is -2.62. The van der Waals surface area contributed by atoms with Crippen LogP contribution in [-0.2, 0) is 14.0 Å². The fourth-order valence-corrected chi connectivity index (χ4v) is 11.5. The molecule has 196 valence electrons. The van der Waals surface area contributed by atoms with Crippen LogP contribution in [0.3, 0.4) is 0 Å². The smallest absolute Gasteiger partial charge is 0.403 e. The van der Waals surface area contributed by atoms with Crippen LogP contribution < -0.4 is 0 Å². The number of hydrogen-bond donors (Lipinski definition) is 0. The molecule has 7 fully saturated rings. The van der Waals surface area contributed by atoms with E-state index in [1.165, 1.54) is 96.3 Å². The standard InChI is InChI=1S/C31H51BO3/c1-29(2)30(3,4)35-32(34-29)20-17-18-28-26(19-20)31(25-15-9-10-16-27(25)33-28)23-13-7-5-11-21(23)22-12-6-8-14-24(22)31/h20-28H,5-19H2,1-4H3. The Labute approximate surface area is 215 Å². The van der Waals surface area contributed by atoms with Gasteiger partial charge in [-0.05, 0) is 132 Å². The normalized spacial score (nSPS) is 52.5. The summed E-state index contributed by atoms with van der Waals surface area (Å²) in [5, 5.41) is 0. The number of rotatable bonds is 1. The molecule has 3 nitrogen and oxygen atoms in total. The molecular formula is C31H51BO3. The minimum absolute atomic E-state index is 0.0345. The highest BCUT2D eigenvalue weighted by atomic mass is 16.7. The topological polar surface area (TPSA) is 27.7 Å². The van der Waals surface area contributed by atoms with Crippen molar-refractivity contribution in [1.29, 1.82) is 0 Å². The van der Waals surface area contributed by atoms with Crippen molar-refractivity contribution in [3.05, 3.63) is 0 Å². The molecule has 35 heavy (non-hydrogen) atoms. The molecule has 9 atom stereocenters. The van der Waals surface area contributed by atoms with Crippen LogP contribution in [0.5, 0.6) is 0 Å². The number of fused-ring (bicyclic) bond motifs is 9. The van der Waals surface area contributed by atoms with E-state index in [9.17, 15) is 0 Å². The quantitative estimate of drug-likeness (QED) is 0.357. The van der Waals surface area contributed by atoms with E-state index in [1.54, 1.807) is 0 Å². The second-order valence-corrected chi connectivity index (χ2v) is 15.0. The monoisotopic (exact) mass is 482 g/mol. The fourth-order valence-electron chi connectivity index (χ4n) is 11.5. The Morgan fingerprint density at radius 3 is 1.69 bits per heavy atom. The van der Waals surface area contributed by atoms with Gasteiger partial charge in [-0.3, -0.25) is 0 Å². The molecule has 2 heterocycles. The van der Waals surface area contributed by atoms with Crippen LogP contribution in [0.2, 0.25) is 5.82 Å². The van der Waals surface area contributed by atoms with Gasteiger partial charge in [-0.1, -0.05) is 38.5 Å². The van der Waals surface area contributed by atoms with Crippen LogP contribution in [0.4, 0.5) is 0 Å². The molecule has 0 aromatic heterocycles. The van der Waals surface area contributed by atoms with Crippen LogP contribution in [0.15, 0.2) is 0 Å². The molecule has 2 saturated heterocycles. The molecule has 0 aromatic rings. The molecule has 0 radical (unpaired) electrons. The molecule has 0 amide bonds. The van der Waals surface area contributed by atoms with Gasteiger partial charge in [0.25, 0.3) is 0 Å². The first-order valence-corrected chi connectivity index (χ1v) is 15.8. The predicted molar refractivity (Wildman–Crippen MR) is 141 cm³/mol. The molecule has 9 unspecified atom stereocenters. The van der Waals surface area contributed by atoms with Gasteiger partial charge in [0.1, 0.15) is 0 Å². The van der Waals surface area contributed by atoms with Gasteiger partial charge in [0.05, 0.1) is 23.4 Å². The highest BCUT2D eigenvalue weighted by molar-refractivity contribution is 6.47. The number of ether oxygens (including phenoxy) is 1. The maximum Gasteiger partial charge on any atom is 0.461 e. The summed E-state index contributed by atoms with van der Waals surface area (Å²) < 4.78 is 20.5. The lowest BCUT2D eigenvalue weighted by atomic mass is 9.44. The van der Waals surface area contributed by atoms with Crippen molar-refractivity contribution in [2.75, 3.05) is 0 Å². The first-order chi connectivity index (χ1) is 16.8. The number of hydrogen-bond acceptors (Lipinski definition) is 3. The van der Waals surface area contributed by atoms with Crippen LogP contribution in [0.1, 0.15) is 124 Å². The zero-order chi connectivity index (χ0) is 24.0. The Kier molecular flexibility index (Phi) is 5.81. The molecule has 0 bridgehead atoms. The van der Waals surface area contributed by atoms with E-state index in [0.717, 1.165) is 35.5 Å². The second kappa shape index (κ2) is 8.47. The van der Waals surface area contributed by atoms with E-state index < -0.39 is 0 Å². The summed E-state index contributed by atoms with van der Waals surface area (Å²) in [5.74, 6) is 6.08. The van der Waals surface area contributed by atoms with E-state index >= 15 is 0 Å². The van der Waals surface area contributed by atoms with Crippen molar-refractivity contribution in [3.8, 4) is 0 Å². The van der Waals surface area contributed by atoms with Gasteiger partial charge in [-0.2, -0.15) is 0 Å². The van der Waals surface area contributed by atoms with E-state index in [2.05, 4.69) is 27.7 Å². The summed E-state index contributed by atoms with van der Waals surface area (Å²) in [7, 11) is -0.0345. The molecule has 0 N–H and O–H groups in total. The van der Waals surface area contributed by atoms with Crippen molar-refractivity contribution < 1.29 is 14.0 Å². The van der Waals surface area contributed by atoms with Crippen LogP contribution in [0, 0.1) is 40.9 Å². The van der Waals surface area contributed by atoms with E-state index in [0.29, 0.717) is 23.4 Å². The summed E-state index contributed by atoms with van der Waals surface area (Å²) in [4.78, 5) is 0. The van der Waals surface area contributed by atoms with Crippen LogP contribution in [-0.4, -0.2) is 30.5 Å². The van der Waals surface area contributed by atoms with Crippen molar-refractivity contribution in [2.24, 2.45) is 40.9 Å². The van der Waals surface area contributed by atoms with Crippen LogP contribution in [0.25, 0.3) is 0 Å². The van der Waals surface area contributed by atoms with Gasteiger partial charge in [0, 0.05) is 0 Å². The largest absolute Gasteiger partial charge is 0.461 e. The minimum atomic E-state index is -0.222. The Bertz CT molecular complexity index is 771. The summed E-state index contributed by atoms with van der Waals surface area (Å²) in [6, 6.07) is 0. The third-order valence-corrected chi connectivity index (χ3v) is 13.3. The maximum absolute atomic E-state index is 7.15. The molecule has 5 saturated carbocycles. The summed E-state index contributed by atoms with van der Waals surface area (Å²) in [5.41, 5.74) is 0.104. The molecule has 7 aliphatic rings. The Hall–Kier alpha value is -0.0551. The first kappa shape index (κ1) is 24.0. The highest BCUT2D eigenvalue weighted by Gasteiger charge is 2.70. The average Bonchev–Trinajstić information content (AvgIpc) is 3.27. The molecule has 4 heteroatoms. The molecule has 7 rings (SSSR count). The summed E-state index contributed by atoms with van der Waals surface area (Å²) >= 11 is 0. The van der Waals surface area contributed by atoms with Gasteiger partial charge < -0.3 is 14.0 Å². The Balaban J connectivity index is 1.28. The average molecular weight is 483 g/mol. The maximum atomic E-state index is 7.15. The van der Waals surface area contributed by atoms with Gasteiger partial charge in [0.15, 0.2) is 0 Å². The summed E-state index contributed by atoms with van der Waals surface area (Å²) in [6.45, 7) is 8.92. The van der Waals surface area contributed by atoms with Crippen molar-refractivity contribution in [2.45, 2.75) is 153 Å². The van der Waals surface area contributed by atoms with Gasteiger partial charge >= 0.3 is 7.12 Å². The summed E-state index contributed by atoms with van der Waals surface area (Å²) in [6.07, 6.45) is 22.5. The second-order valence-electron chi connectivity index (χ2n) is 15.0. The SMILES string of the molecule is CC1(C)OB(C2CCC3OC4CCCCC4C4(C3C2)C2CCCCC2C2CCCCC24)OC1(C)C. The van der Waals surface area contributed by atoms with Crippen molar-refractivity contribution in [1.82, 2.24) is 0 Å². The molecule has 5 aliphatic carbocycles. The molecule has 0 aromatic carbocycles. The molecular weight excluding hydrogens is 431 g/mol. The third-order valence-electron chi connectivity index (χ3n) is 13.3. The Morgan fingerprint density at radius 2 is 1.06 bits per heavy atom. The van der Waals surface area contributed by atoms with Gasteiger partial charge in [-0.15, -0.1) is 0 Å². The Morgan fingerprint density at radius 1 is 0.543 bits per heavy atom. The predicted octanol–water partition coefficient (Wildman–Crippen LogP) is 7.82.